The summed E-state index contributed by atoms with van der Waals surface area (Å²) in [5.41, 5.74) is 1.32. The van der Waals surface area contributed by atoms with E-state index in [2.05, 4.69) is 71.4 Å². The third kappa shape index (κ3) is 3.20. The Morgan fingerprint density at radius 2 is 1.27 bits per heavy atom. The molecule has 0 fully saturated rings. The molecule has 0 heterocycles. The van der Waals surface area contributed by atoms with Gasteiger partial charge in [0.2, 0.25) is 0 Å². The Hall–Kier alpha value is -0.561. The predicted molar refractivity (Wildman–Crippen MR) is 70.3 cm³/mol. The number of halogens is 1. The molecule has 0 aliphatic heterocycles. The molecule has 2 rings (SSSR count). The number of hydrogen-bond acceptors (Lipinski definition) is 0. The van der Waals surface area contributed by atoms with Gasteiger partial charge in [0.05, 0.1) is 0 Å². The van der Waals surface area contributed by atoms with Gasteiger partial charge in [0.15, 0.2) is 0 Å². The van der Waals surface area contributed by atoms with Gasteiger partial charge in [0, 0.05) is 0 Å². The van der Waals surface area contributed by atoms with E-state index in [0.29, 0.717) is 15.0 Å². The molecule has 0 radical (unpaired) electrons. The van der Waals surface area contributed by atoms with Crippen LogP contribution in [-0.4, -0.2) is 15.0 Å². The van der Waals surface area contributed by atoms with Crippen molar-refractivity contribution in [2.24, 2.45) is 0 Å². The number of benzene rings is 2. The second kappa shape index (κ2) is 4.98. The van der Waals surface area contributed by atoms with Gasteiger partial charge < -0.3 is 0 Å². The molecule has 0 saturated heterocycles. The normalized spacial score (nSPS) is 10.3. The Morgan fingerprint density at radius 1 is 0.800 bits per heavy atom. The predicted octanol–water partition coefficient (Wildman–Crippen LogP) is 2.41. The summed E-state index contributed by atoms with van der Waals surface area (Å²) in [6, 6.07) is 17.4. The van der Waals surface area contributed by atoms with Crippen molar-refractivity contribution in [1.29, 1.82) is 0 Å². The van der Waals surface area contributed by atoms with E-state index in [1.165, 1.54) is 14.5 Å². The van der Waals surface area contributed by atoms with Crippen LogP contribution in [0.5, 0.6) is 0 Å². The molecule has 2 heteroatoms. The van der Waals surface area contributed by atoms with E-state index in [9.17, 15) is 0 Å². The molecule has 0 aliphatic rings. The van der Waals surface area contributed by atoms with E-state index in [1.54, 1.807) is 0 Å². The zero-order chi connectivity index (χ0) is 10.7. The van der Waals surface area contributed by atoms with Crippen molar-refractivity contribution in [3.8, 4) is 0 Å². The summed E-state index contributed by atoms with van der Waals surface area (Å²) in [7, 11) is 0. The van der Waals surface area contributed by atoms with Gasteiger partial charge in [-0.3, -0.25) is 0 Å². The number of hydrogen-bond donors (Lipinski definition) is 0. The Balaban J connectivity index is 2.15. The molecule has 0 spiro atoms. The summed E-state index contributed by atoms with van der Waals surface area (Å²) in [5, 5.41) is 0. The van der Waals surface area contributed by atoms with E-state index in [-0.39, 0.29) is 0 Å². The molecule has 0 amide bonds. The third-order valence-corrected chi connectivity index (χ3v) is 4.73. The van der Waals surface area contributed by atoms with E-state index in [0.717, 1.165) is 4.47 Å². The van der Waals surface area contributed by atoms with E-state index < -0.39 is 0 Å². The van der Waals surface area contributed by atoms with Crippen molar-refractivity contribution in [3.63, 3.8) is 0 Å². The van der Waals surface area contributed by atoms with Gasteiger partial charge >= 0.3 is 105 Å². The second-order valence-electron chi connectivity index (χ2n) is 3.37. The minimum absolute atomic E-state index is 0.425. The zero-order valence-electron chi connectivity index (χ0n) is 8.41. The molecule has 0 N–H and O–H groups in total. The van der Waals surface area contributed by atoms with Crippen LogP contribution < -0.4 is 8.92 Å². The van der Waals surface area contributed by atoms with Crippen molar-refractivity contribution in [3.05, 3.63) is 58.6 Å². The maximum atomic E-state index is 3.45. The molecule has 2 aromatic rings. The molecule has 0 atom stereocenters. The summed E-state index contributed by atoms with van der Waals surface area (Å²) in [6.07, 6.45) is 0. The van der Waals surface area contributed by atoms with Crippen molar-refractivity contribution in [2.45, 2.75) is 6.92 Å². The first-order valence-corrected chi connectivity index (χ1v) is 7.25. The molecule has 0 unspecified atom stereocenters. The quantitative estimate of drug-likeness (QED) is 0.744. The first-order chi connectivity index (χ1) is 7.24. The first-order valence-electron chi connectivity index (χ1n) is 4.74. The van der Waals surface area contributed by atoms with Crippen LogP contribution in [0.2, 0.25) is 0 Å². The average Bonchev–Trinajstić information content (AvgIpc) is 2.25. The van der Waals surface area contributed by atoms with Crippen molar-refractivity contribution >= 4 is 39.8 Å². The Bertz CT molecular complexity index is 388. The van der Waals surface area contributed by atoms with Crippen LogP contribution >= 0.6 is 15.9 Å². The molecule has 0 aromatic heterocycles. The average molecular weight is 326 g/mol. The number of aryl methyl sites for hydroxylation is 1. The van der Waals surface area contributed by atoms with Crippen LogP contribution in [0.15, 0.2) is 53.0 Å². The minimum atomic E-state index is 0.425. The monoisotopic (exact) mass is 326 g/mol. The Morgan fingerprint density at radius 3 is 1.80 bits per heavy atom. The molecule has 15 heavy (non-hydrogen) atoms. The summed E-state index contributed by atoms with van der Waals surface area (Å²) in [5.74, 6) is 0. The van der Waals surface area contributed by atoms with Gasteiger partial charge in [0.25, 0.3) is 0 Å². The van der Waals surface area contributed by atoms with Crippen molar-refractivity contribution in [1.82, 2.24) is 0 Å². The Labute approximate surface area is 105 Å². The summed E-state index contributed by atoms with van der Waals surface area (Å²) < 4.78 is 3.98. The molecule has 0 aliphatic carbocycles. The zero-order valence-corrected chi connectivity index (χ0v) is 11.7. The fourth-order valence-electron chi connectivity index (χ4n) is 1.25. The first kappa shape index (κ1) is 10.9. The number of rotatable bonds is 2. The van der Waals surface area contributed by atoms with E-state index in [4.69, 9.17) is 0 Å². The molecule has 0 bridgehead atoms. The van der Waals surface area contributed by atoms with Crippen molar-refractivity contribution < 1.29 is 0 Å². The van der Waals surface area contributed by atoms with Gasteiger partial charge in [-0.05, 0) is 0 Å². The standard InChI is InChI=1S/C13H11BrSe/c1-10-2-6-12(7-3-10)15-13-8-4-11(14)5-9-13/h2-9H,1H3. The van der Waals surface area contributed by atoms with Crippen molar-refractivity contribution in [2.75, 3.05) is 0 Å². The molecule has 76 valence electrons. The van der Waals surface area contributed by atoms with Gasteiger partial charge in [-0.1, -0.05) is 0 Å². The SMILES string of the molecule is Cc1ccc([Se]c2ccc(Br)cc2)cc1. The molecule has 2 aromatic carbocycles. The van der Waals surface area contributed by atoms with Gasteiger partial charge in [-0.15, -0.1) is 0 Å². The summed E-state index contributed by atoms with van der Waals surface area (Å²) in [6.45, 7) is 2.12. The molecule has 0 nitrogen and oxygen atoms in total. The molecular formula is C13H11BrSe. The third-order valence-electron chi connectivity index (χ3n) is 2.07. The summed E-state index contributed by atoms with van der Waals surface area (Å²) in [4.78, 5) is 0. The van der Waals surface area contributed by atoms with Gasteiger partial charge in [-0.25, -0.2) is 0 Å². The van der Waals surface area contributed by atoms with Crippen LogP contribution in [0, 0.1) is 6.92 Å². The van der Waals surface area contributed by atoms with E-state index >= 15 is 0 Å². The summed E-state index contributed by atoms with van der Waals surface area (Å²) >= 11 is 3.87. The van der Waals surface area contributed by atoms with Crippen LogP contribution in [0.3, 0.4) is 0 Å². The van der Waals surface area contributed by atoms with Gasteiger partial charge in [-0.2, -0.15) is 0 Å². The molecular weight excluding hydrogens is 315 g/mol. The van der Waals surface area contributed by atoms with Gasteiger partial charge in [0.1, 0.15) is 0 Å². The maximum absolute atomic E-state index is 3.45. The fraction of sp³-hybridized carbons (Fsp3) is 0.0769. The fourth-order valence-corrected chi connectivity index (χ4v) is 3.22. The van der Waals surface area contributed by atoms with Crippen LogP contribution in [0.4, 0.5) is 0 Å². The van der Waals surface area contributed by atoms with Crippen LogP contribution in [0.25, 0.3) is 0 Å². The van der Waals surface area contributed by atoms with Crippen LogP contribution in [0.1, 0.15) is 5.56 Å². The second-order valence-corrected chi connectivity index (χ2v) is 6.69. The Kier molecular flexibility index (Phi) is 3.63. The molecule has 0 saturated carbocycles. The van der Waals surface area contributed by atoms with Crippen LogP contribution in [-0.2, 0) is 0 Å². The van der Waals surface area contributed by atoms with E-state index in [1.807, 2.05) is 0 Å². The topological polar surface area (TPSA) is 0 Å².